The van der Waals surface area contributed by atoms with Gasteiger partial charge in [0.15, 0.2) is 5.82 Å². The maximum absolute atomic E-state index is 5.69. The Labute approximate surface area is 126 Å². The van der Waals surface area contributed by atoms with Crippen LogP contribution < -0.4 is 10.1 Å². The zero-order chi connectivity index (χ0) is 15.1. The van der Waals surface area contributed by atoms with Crippen molar-refractivity contribution < 1.29 is 4.74 Å². The summed E-state index contributed by atoms with van der Waals surface area (Å²) in [6.07, 6.45) is 2.01. The highest BCUT2D eigenvalue weighted by molar-refractivity contribution is 5.65. The van der Waals surface area contributed by atoms with E-state index in [0.29, 0.717) is 6.61 Å². The molecular formula is C17H23N3O. The van der Waals surface area contributed by atoms with Crippen molar-refractivity contribution in [3.05, 3.63) is 36.0 Å². The number of nitrogens with zero attached hydrogens (tertiary/aromatic N) is 2. The van der Waals surface area contributed by atoms with Crippen LogP contribution in [0, 0.1) is 0 Å². The maximum Gasteiger partial charge on any atom is 0.165 e. The van der Waals surface area contributed by atoms with Gasteiger partial charge in [-0.3, -0.25) is 0 Å². The second-order valence-electron chi connectivity index (χ2n) is 4.78. The third-order valence-corrected chi connectivity index (χ3v) is 3.07. The molecule has 0 unspecified atom stereocenters. The molecule has 0 radical (unpaired) electrons. The molecule has 1 N–H and O–H groups in total. The molecule has 0 saturated carbocycles. The Kier molecular flexibility index (Phi) is 5.55. The highest BCUT2D eigenvalue weighted by atomic mass is 16.5. The third kappa shape index (κ3) is 3.94. The lowest BCUT2D eigenvalue weighted by molar-refractivity contribution is 0.341. The highest BCUT2D eigenvalue weighted by Crippen LogP contribution is 2.28. The summed E-state index contributed by atoms with van der Waals surface area (Å²) in [4.78, 5) is 9.30. The minimum Gasteiger partial charge on any atom is -0.493 e. The molecule has 4 nitrogen and oxygen atoms in total. The van der Waals surface area contributed by atoms with E-state index < -0.39 is 0 Å². The van der Waals surface area contributed by atoms with Crippen molar-refractivity contribution in [3.63, 3.8) is 0 Å². The Morgan fingerprint density at radius 2 is 1.90 bits per heavy atom. The molecule has 21 heavy (non-hydrogen) atoms. The van der Waals surface area contributed by atoms with Crippen molar-refractivity contribution in [2.75, 3.05) is 18.5 Å². The van der Waals surface area contributed by atoms with Crippen molar-refractivity contribution in [1.82, 2.24) is 9.97 Å². The summed E-state index contributed by atoms with van der Waals surface area (Å²) in [7, 11) is 0. The monoisotopic (exact) mass is 285 g/mol. The van der Waals surface area contributed by atoms with Crippen LogP contribution in [0.4, 0.5) is 5.82 Å². The first-order chi connectivity index (χ1) is 10.3. The van der Waals surface area contributed by atoms with Crippen molar-refractivity contribution in [2.24, 2.45) is 0 Å². The number of benzene rings is 1. The van der Waals surface area contributed by atoms with Crippen LogP contribution in [0.2, 0.25) is 0 Å². The van der Waals surface area contributed by atoms with Gasteiger partial charge in [-0.2, -0.15) is 0 Å². The number of hydrogen-bond acceptors (Lipinski definition) is 4. The van der Waals surface area contributed by atoms with E-state index in [0.717, 1.165) is 48.0 Å². The van der Waals surface area contributed by atoms with Gasteiger partial charge in [-0.15, -0.1) is 0 Å². The Hall–Kier alpha value is -2.10. The quantitative estimate of drug-likeness (QED) is 0.837. The third-order valence-electron chi connectivity index (χ3n) is 3.07. The Morgan fingerprint density at radius 3 is 2.62 bits per heavy atom. The lowest BCUT2D eigenvalue weighted by atomic mass is 10.1. The van der Waals surface area contributed by atoms with Crippen LogP contribution in [-0.2, 0) is 6.42 Å². The molecule has 1 aromatic heterocycles. The van der Waals surface area contributed by atoms with Crippen LogP contribution in [0.3, 0.4) is 0 Å². The fourth-order valence-electron chi connectivity index (χ4n) is 2.21. The summed E-state index contributed by atoms with van der Waals surface area (Å²) in [5.41, 5.74) is 2.00. The van der Waals surface area contributed by atoms with Crippen molar-refractivity contribution in [1.29, 1.82) is 0 Å². The van der Waals surface area contributed by atoms with Crippen molar-refractivity contribution in [3.8, 4) is 17.1 Å². The van der Waals surface area contributed by atoms with Crippen molar-refractivity contribution >= 4 is 5.82 Å². The standard InChI is InChI=1S/C17H23N3O/c1-4-9-13-12-16(18-5-2)20-17(19-13)14-10-7-8-11-15(14)21-6-3/h7-8,10-12H,4-6,9H2,1-3H3,(H,18,19,20). The van der Waals surface area contributed by atoms with E-state index >= 15 is 0 Å². The summed E-state index contributed by atoms with van der Waals surface area (Å²) in [6.45, 7) is 7.67. The molecule has 0 atom stereocenters. The van der Waals surface area contributed by atoms with Gasteiger partial charge in [-0.05, 0) is 32.4 Å². The summed E-state index contributed by atoms with van der Waals surface area (Å²) in [5.74, 6) is 2.43. The number of anilines is 1. The SMILES string of the molecule is CCCc1cc(NCC)nc(-c2ccccc2OCC)n1. The maximum atomic E-state index is 5.69. The van der Waals surface area contributed by atoms with Crippen LogP contribution in [0.25, 0.3) is 11.4 Å². The van der Waals surface area contributed by atoms with Gasteiger partial charge < -0.3 is 10.1 Å². The Bertz CT molecular complexity index is 560. The van der Waals surface area contributed by atoms with Crippen LogP contribution in [0.15, 0.2) is 30.3 Å². The van der Waals surface area contributed by atoms with Gasteiger partial charge in [0.2, 0.25) is 0 Å². The molecule has 0 aliphatic rings. The molecule has 0 aliphatic carbocycles. The number of hydrogen-bond donors (Lipinski definition) is 1. The zero-order valence-electron chi connectivity index (χ0n) is 13.0. The van der Waals surface area contributed by atoms with Gasteiger partial charge in [0.05, 0.1) is 12.2 Å². The first kappa shape index (κ1) is 15.3. The van der Waals surface area contributed by atoms with E-state index in [1.54, 1.807) is 0 Å². The molecule has 0 aliphatic heterocycles. The number of ether oxygens (including phenoxy) is 1. The molecule has 112 valence electrons. The minimum atomic E-state index is 0.631. The first-order valence-corrected chi connectivity index (χ1v) is 7.62. The van der Waals surface area contributed by atoms with E-state index in [2.05, 4.69) is 29.1 Å². The van der Waals surface area contributed by atoms with Crippen LogP contribution in [0.5, 0.6) is 5.75 Å². The summed E-state index contributed by atoms with van der Waals surface area (Å²) in [6, 6.07) is 9.95. The van der Waals surface area contributed by atoms with Crippen molar-refractivity contribution in [2.45, 2.75) is 33.6 Å². The van der Waals surface area contributed by atoms with E-state index in [1.165, 1.54) is 0 Å². The average Bonchev–Trinajstić information content (AvgIpc) is 2.49. The topological polar surface area (TPSA) is 47.0 Å². The summed E-state index contributed by atoms with van der Waals surface area (Å²) >= 11 is 0. The number of aromatic nitrogens is 2. The van der Waals surface area contributed by atoms with Gasteiger partial charge >= 0.3 is 0 Å². The van der Waals surface area contributed by atoms with Gasteiger partial charge in [0.25, 0.3) is 0 Å². The molecule has 4 heteroatoms. The van der Waals surface area contributed by atoms with E-state index in [9.17, 15) is 0 Å². The van der Waals surface area contributed by atoms with Gasteiger partial charge in [0, 0.05) is 18.3 Å². The molecule has 0 spiro atoms. The molecule has 1 heterocycles. The lowest BCUT2D eigenvalue weighted by Gasteiger charge is -2.12. The van der Waals surface area contributed by atoms with Crippen LogP contribution in [-0.4, -0.2) is 23.1 Å². The zero-order valence-corrected chi connectivity index (χ0v) is 13.0. The highest BCUT2D eigenvalue weighted by Gasteiger charge is 2.11. The smallest absolute Gasteiger partial charge is 0.165 e. The molecule has 0 bridgehead atoms. The van der Waals surface area contributed by atoms with Gasteiger partial charge in [-0.25, -0.2) is 9.97 Å². The molecule has 0 fully saturated rings. The predicted molar refractivity (Wildman–Crippen MR) is 86.8 cm³/mol. The van der Waals surface area contributed by atoms with E-state index in [1.807, 2.05) is 37.3 Å². The molecule has 0 saturated heterocycles. The van der Waals surface area contributed by atoms with Crippen LogP contribution >= 0.6 is 0 Å². The van der Waals surface area contributed by atoms with E-state index in [4.69, 9.17) is 4.74 Å². The van der Waals surface area contributed by atoms with E-state index in [-0.39, 0.29) is 0 Å². The molecule has 1 aromatic carbocycles. The first-order valence-electron chi connectivity index (χ1n) is 7.62. The molecule has 0 amide bonds. The van der Waals surface area contributed by atoms with Gasteiger partial charge in [0.1, 0.15) is 11.6 Å². The second-order valence-corrected chi connectivity index (χ2v) is 4.78. The fraction of sp³-hybridized carbons (Fsp3) is 0.412. The molecule has 2 aromatic rings. The minimum absolute atomic E-state index is 0.631. The predicted octanol–water partition coefficient (Wildman–Crippen LogP) is 3.93. The normalized spacial score (nSPS) is 10.4. The lowest BCUT2D eigenvalue weighted by Crippen LogP contribution is -2.05. The summed E-state index contributed by atoms with van der Waals surface area (Å²) < 4.78 is 5.69. The Balaban J connectivity index is 2.46. The fourth-order valence-corrected chi connectivity index (χ4v) is 2.21. The summed E-state index contributed by atoms with van der Waals surface area (Å²) in [5, 5.41) is 3.28. The second kappa shape index (κ2) is 7.62. The molecular weight excluding hydrogens is 262 g/mol. The molecule has 2 rings (SSSR count). The average molecular weight is 285 g/mol. The number of nitrogens with one attached hydrogen (secondary N) is 1. The number of para-hydroxylation sites is 1. The van der Waals surface area contributed by atoms with Gasteiger partial charge in [-0.1, -0.05) is 25.5 Å². The number of aryl methyl sites for hydroxylation is 1. The Morgan fingerprint density at radius 1 is 1.10 bits per heavy atom. The number of rotatable bonds is 7. The van der Waals surface area contributed by atoms with Crippen LogP contribution in [0.1, 0.15) is 32.9 Å². The largest absolute Gasteiger partial charge is 0.493 e.